The molecule has 0 aliphatic carbocycles. The normalized spacial score (nSPS) is 17.6. The minimum absolute atomic E-state index is 0.00728. The van der Waals surface area contributed by atoms with Gasteiger partial charge in [0.25, 0.3) is 5.91 Å². The van der Waals surface area contributed by atoms with Crippen LogP contribution in [0.5, 0.6) is 0 Å². The van der Waals surface area contributed by atoms with Crippen LogP contribution in [0.25, 0.3) is 0 Å². The van der Waals surface area contributed by atoms with E-state index in [9.17, 15) is 22.8 Å². The van der Waals surface area contributed by atoms with Gasteiger partial charge < -0.3 is 10.1 Å². The van der Waals surface area contributed by atoms with Gasteiger partial charge in [-0.25, -0.2) is 18.0 Å². The van der Waals surface area contributed by atoms with E-state index in [0.29, 0.717) is 13.1 Å². The molecule has 1 aliphatic rings. The fraction of sp³-hybridized carbons (Fsp3) is 0.471. The summed E-state index contributed by atoms with van der Waals surface area (Å²) in [6.07, 6.45) is 1.70. The zero-order valence-corrected chi connectivity index (χ0v) is 17.1. The summed E-state index contributed by atoms with van der Waals surface area (Å²) in [5.41, 5.74) is -0.0687. The molecular weight excluding hydrogens is 410 g/mol. The molecule has 154 valence electrons. The van der Waals surface area contributed by atoms with Gasteiger partial charge in [-0.15, -0.1) is 0 Å². The van der Waals surface area contributed by atoms with Crippen LogP contribution in [0, 0.1) is 5.92 Å². The molecule has 9 nitrogen and oxygen atoms in total. The fourth-order valence-corrected chi connectivity index (χ4v) is 4.87. The molecule has 1 aromatic rings. The molecule has 1 atom stereocenters. The van der Waals surface area contributed by atoms with Crippen molar-refractivity contribution in [3.05, 3.63) is 28.8 Å². The molecule has 1 heterocycles. The molecular formula is C17H22ClN3O6S. The molecule has 0 radical (unpaired) electrons. The summed E-state index contributed by atoms with van der Waals surface area (Å²) in [7, 11) is -2.54. The molecule has 1 saturated heterocycles. The third-order valence-electron chi connectivity index (χ3n) is 4.22. The maximum atomic E-state index is 12.9. The third kappa shape index (κ3) is 5.43. The summed E-state index contributed by atoms with van der Waals surface area (Å²) < 4.78 is 32.0. The molecule has 1 aromatic carbocycles. The van der Waals surface area contributed by atoms with Crippen LogP contribution in [0.15, 0.2) is 23.1 Å². The number of nitrogens with zero attached hydrogens (tertiary/aromatic N) is 1. The number of sulfonamides is 1. The molecule has 2 rings (SSSR count). The first-order chi connectivity index (χ1) is 13.1. The fourth-order valence-electron chi connectivity index (χ4n) is 2.77. The Labute approximate surface area is 168 Å². The van der Waals surface area contributed by atoms with Gasteiger partial charge in [-0.3, -0.25) is 10.1 Å². The number of nitrogens with one attached hydrogen (secondary N) is 2. The maximum absolute atomic E-state index is 12.9. The van der Waals surface area contributed by atoms with E-state index in [1.54, 1.807) is 0 Å². The minimum Gasteiger partial charge on any atom is -0.452 e. The second-order valence-corrected chi connectivity index (χ2v) is 8.77. The van der Waals surface area contributed by atoms with Crippen molar-refractivity contribution in [2.45, 2.75) is 24.7 Å². The Bertz CT molecular complexity index is 874. The van der Waals surface area contributed by atoms with E-state index in [1.165, 1.54) is 23.5 Å². The summed E-state index contributed by atoms with van der Waals surface area (Å²) in [4.78, 5) is 34.5. The number of piperidine rings is 1. The van der Waals surface area contributed by atoms with Crippen molar-refractivity contribution in [3.8, 4) is 0 Å². The monoisotopic (exact) mass is 431 g/mol. The van der Waals surface area contributed by atoms with Crippen LogP contribution in [0.2, 0.25) is 5.02 Å². The Morgan fingerprint density at radius 1 is 1.32 bits per heavy atom. The second kappa shape index (κ2) is 9.35. The van der Waals surface area contributed by atoms with Gasteiger partial charge in [-0.2, -0.15) is 4.31 Å². The number of urea groups is 1. The SMILES string of the molecule is CNC(=O)NC(=O)COC(=O)c1ccc(Cl)c(S(=O)(=O)N2CCCC(C)C2)c1. The Morgan fingerprint density at radius 2 is 2.04 bits per heavy atom. The standard InChI is InChI=1S/C17H22ClN3O6S/c1-11-4-3-7-21(9-11)28(25,26)14-8-12(5-6-13(14)18)16(23)27-10-15(22)20-17(24)19-2/h5-6,8,11H,3-4,7,9-10H2,1-2H3,(H2,19,20,22,24). The molecule has 3 amide bonds. The first-order valence-electron chi connectivity index (χ1n) is 8.63. The highest BCUT2D eigenvalue weighted by Gasteiger charge is 2.31. The van der Waals surface area contributed by atoms with Crippen LogP contribution in [-0.4, -0.2) is 57.4 Å². The lowest BCUT2D eigenvalue weighted by atomic mass is 10.0. The number of hydrogen-bond donors (Lipinski definition) is 2. The number of benzene rings is 1. The highest BCUT2D eigenvalue weighted by Crippen LogP contribution is 2.29. The third-order valence-corrected chi connectivity index (χ3v) is 6.57. The molecule has 0 aromatic heterocycles. The van der Waals surface area contributed by atoms with Crippen LogP contribution in [0.4, 0.5) is 4.79 Å². The van der Waals surface area contributed by atoms with Gasteiger partial charge in [-0.1, -0.05) is 18.5 Å². The highest BCUT2D eigenvalue weighted by molar-refractivity contribution is 7.89. The molecule has 1 unspecified atom stereocenters. The molecule has 1 fully saturated rings. The van der Waals surface area contributed by atoms with E-state index in [0.717, 1.165) is 18.9 Å². The van der Waals surface area contributed by atoms with Gasteiger partial charge in [0.1, 0.15) is 4.90 Å². The number of hydrogen-bond acceptors (Lipinski definition) is 6. The topological polar surface area (TPSA) is 122 Å². The van der Waals surface area contributed by atoms with Gasteiger partial charge >= 0.3 is 12.0 Å². The molecule has 0 saturated carbocycles. The van der Waals surface area contributed by atoms with Gasteiger partial charge in [0.2, 0.25) is 10.0 Å². The average molecular weight is 432 g/mol. The van der Waals surface area contributed by atoms with Gasteiger partial charge in [0.15, 0.2) is 6.61 Å². The van der Waals surface area contributed by atoms with Crippen LogP contribution < -0.4 is 10.6 Å². The Balaban J connectivity index is 2.15. The Morgan fingerprint density at radius 3 is 2.68 bits per heavy atom. The number of rotatable bonds is 5. The number of halogens is 1. The van der Waals surface area contributed by atoms with Crippen molar-refractivity contribution in [1.29, 1.82) is 0 Å². The van der Waals surface area contributed by atoms with Gasteiger partial charge in [0.05, 0.1) is 10.6 Å². The number of esters is 1. The van der Waals surface area contributed by atoms with Crippen molar-refractivity contribution < 1.29 is 27.5 Å². The molecule has 0 bridgehead atoms. The zero-order chi connectivity index (χ0) is 20.9. The largest absolute Gasteiger partial charge is 0.452 e. The lowest BCUT2D eigenvalue weighted by Crippen LogP contribution is -2.39. The highest BCUT2D eigenvalue weighted by atomic mass is 35.5. The van der Waals surface area contributed by atoms with Crippen molar-refractivity contribution in [2.75, 3.05) is 26.7 Å². The summed E-state index contributed by atoms with van der Waals surface area (Å²) in [5, 5.41) is 4.11. The van der Waals surface area contributed by atoms with E-state index < -0.39 is 34.5 Å². The van der Waals surface area contributed by atoms with Gasteiger partial charge in [-0.05, 0) is 37.0 Å². The number of carbonyl (C=O) groups is 3. The lowest BCUT2D eigenvalue weighted by Gasteiger charge is -2.30. The van der Waals surface area contributed by atoms with Crippen LogP contribution in [0.1, 0.15) is 30.1 Å². The average Bonchev–Trinajstić information content (AvgIpc) is 2.66. The van der Waals surface area contributed by atoms with Crippen LogP contribution in [-0.2, 0) is 19.6 Å². The Kier molecular flexibility index (Phi) is 7.39. The van der Waals surface area contributed by atoms with Crippen molar-refractivity contribution >= 4 is 39.5 Å². The minimum atomic E-state index is -3.87. The first kappa shape index (κ1) is 22.1. The first-order valence-corrected chi connectivity index (χ1v) is 10.5. The predicted octanol–water partition coefficient (Wildman–Crippen LogP) is 1.37. The number of imide groups is 1. The lowest BCUT2D eigenvalue weighted by molar-refractivity contribution is -0.123. The number of carbonyl (C=O) groups excluding carboxylic acids is 3. The van der Waals surface area contributed by atoms with Crippen LogP contribution in [0.3, 0.4) is 0 Å². The summed E-state index contributed by atoms with van der Waals surface area (Å²) in [6, 6.07) is 3.00. The van der Waals surface area contributed by atoms with E-state index in [-0.39, 0.29) is 21.4 Å². The molecule has 28 heavy (non-hydrogen) atoms. The van der Waals surface area contributed by atoms with E-state index >= 15 is 0 Å². The Hall–Kier alpha value is -2.17. The summed E-state index contributed by atoms with van der Waals surface area (Å²) in [5.74, 6) is -1.50. The summed E-state index contributed by atoms with van der Waals surface area (Å²) in [6.45, 7) is 2.05. The molecule has 0 spiro atoms. The zero-order valence-electron chi connectivity index (χ0n) is 15.5. The number of ether oxygens (including phenoxy) is 1. The molecule has 11 heteroatoms. The van der Waals surface area contributed by atoms with Crippen molar-refractivity contribution in [3.63, 3.8) is 0 Å². The van der Waals surface area contributed by atoms with E-state index in [4.69, 9.17) is 16.3 Å². The summed E-state index contributed by atoms with van der Waals surface area (Å²) >= 11 is 6.08. The smallest absolute Gasteiger partial charge is 0.338 e. The predicted molar refractivity (Wildman–Crippen MR) is 101 cm³/mol. The number of amides is 3. The van der Waals surface area contributed by atoms with E-state index in [1.807, 2.05) is 12.2 Å². The quantitative estimate of drug-likeness (QED) is 0.679. The van der Waals surface area contributed by atoms with Gasteiger partial charge in [0, 0.05) is 20.1 Å². The van der Waals surface area contributed by atoms with Crippen molar-refractivity contribution in [2.24, 2.45) is 5.92 Å². The van der Waals surface area contributed by atoms with Crippen LogP contribution >= 0.6 is 11.6 Å². The second-order valence-electron chi connectivity index (χ2n) is 6.46. The van der Waals surface area contributed by atoms with Crippen molar-refractivity contribution in [1.82, 2.24) is 14.9 Å². The van der Waals surface area contributed by atoms with E-state index in [2.05, 4.69) is 5.32 Å². The molecule has 1 aliphatic heterocycles. The maximum Gasteiger partial charge on any atom is 0.338 e. The molecule has 2 N–H and O–H groups in total.